The third-order valence-electron chi connectivity index (χ3n) is 1.51. The van der Waals surface area contributed by atoms with Gasteiger partial charge in [-0.1, -0.05) is 39.7 Å². The van der Waals surface area contributed by atoms with Crippen molar-refractivity contribution in [2.24, 2.45) is 0 Å². The molecule has 1 rings (SSSR count). The molecule has 0 heterocycles. The average molecular weight is 199 g/mol. The van der Waals surface area contributed by atoms with E-state index in [4.69, 9.17) is 0 Å². The van der Waals surface area contributed by atoms with Crippen LogP contribution >= 0.6 is 15.9 Å². The summed E-state index contributed by atoms with van der Waals surface area (Å²) < 4.78 is 1.16. The molecule has 0 radical (unpaired) electrons. The first-order chi connectivity index (χ1) is 4.79. The molecule has 0 N–H and O–H groups in total. The molecule has 0 aliphatic heterocycles. The van der Waals surface area contributed by atoms with E-state index in [1.165, 1.54) is 12.0 Å². The van der Waals surface area contributed by atoms with Crippen molar-refractivity contribution < 1.29 is 0 Å². The normalized spacial score (nSPS) is 19.0. The second-order valence-electron chi connectivity index (χ2n) is 2.51. The Balaban J connectivity index is 2.75. The van der Waals surface area contributed by atoms with Gasteiger partial charge in [0.1, 0.15) is 0 Å². The molecule has 0 bridgehead atoms. The van der Waals surface area contributed by atoms with E-state index in [0.717, 1.165) is 10.9 Å². The first-order valence-corrected chi connectivity index (χ1v) is 4.28. The van der Waals surface area contributed by atoms with E-state index >= 15 is 0 Å². The summed E-state index contributed by atoms with van der Waals surface area (Å²) in [5, 5.41) is 0. The third-order valence-corrected chi connectivity index (χ3v) is 2.04. The molecule has 0 nitrogen and oxygen atoms in total. The molecule has 1 aliphatic rings. The van der Waals surface area contributed by atoms with Gasteiger partial charge in [0.2, 0.25) is 0 Å². The van der Waals surface area contributed by atoms with Crippen molar-refractivity contribution in [3.63, 3.8) is 0 Å². The van der Waals surface area contributed by atoms with Crippen LogP contribution in [0.15, 0.2) is 34.4 Å². The van der Waals surface area contributed by atoms with Gasteiger partial charge in [-0.25, -0.2) is 0 Å². The van der Waals surface area contributed by atoms with Gasteiger partial charge >= 0.3 is 0 Å². The van der Waals surface area contributed by atoms with Gasteiger partial charge in [0.15, 0.2) is 0 Å². The molecular formula is C9H11Br. The number of hydrogen-bond acceptors (Lipinski definition) is 0. The Morgan fingerprint density at radius 2 is 2.20 bits per heavy atom. The molecule has 1 aliphatic carbocycles. The van der Waals surface area contributed by atoms with Crippen LogP contribution in [0.2, 0.25) is 0 Å². The highest BCUT2D eigenvalue weighted by Crippen LogP contribution is 2.14. The van der Waals surface area contributed by atoms with Crippen LogP contribution in [0.3, 0.4) is 0 Å². The lowest BCUT2D eigenvalue weighted by atomic mass is 10.1. The van der Waals surface area contributed by atoms with E-state index in [1.807, 2.05) is 0 Å². The Hall–Kier alpha value is -0.300. The predicted molar refractivity (Wildman–Crippen MR) is 49.1 cm³/mol. The van der Waals surface area contributed by atoms with Crippen LogP contribution in [-0.2, 0) is 0 Å². The average Bonchev–Trinajstić information content (AvgIpc) is 1.90. The van der Waals surface area contributed by atoms with Crippen molar-refractivity contribution in [1.82, 2.24) is 0 Å². The minimum absolute atomic E-state index is 1.16. The van der Waals surface area contributed by atoms with Crippen LogP contribution in [0.25, 0.3) is 0 Å². The molecule has 0 fully saturated rings. The van der Waals surface area contributed by atoms with Crippen molar-refractivity contribution in [2.45, 2.75) is 19.8 Å². The van der Waals surface area contributed by atoms with Crippen molar-refractivity contribution in [3.05, 3.63) is 34.4 Å². The first kappa shape index (κ1) is 7.80. The van der Waals surface area contributed by atoms with Crippen LogP contribution in [0.4, 0.5) is 0 Å². The fraction of sp³-hybridized carbons (Fsp3) is 0.333. The smallest absolute Gasteiger partial charge is 0.0172 e. The highest BCUT2D eigenvalue weighted by molar-refractivity contribution is 9.11. The monoisotopic (exact) mass is 198 g/mol. The first-order valence-electron chi connectivity index (χ1n) is 3.48. The molecule has 54 valence electrons. The van der Waals surface area contributed by atoms with E-state index in [1.54, 1.807) is 0 Å². The fourth-order valence-electron chi connectivity index (χ4n) is 0.868. The van der Waals surface area contributed by atoms with Gasteiger partial charge in [-0.3, -0.25) is 0 Å². The highest BCUT2D eigenvalue weighted by Gasteiger charge is 1.90. The Kier molecular flexibility index (Phi) is 2.94. The lowest BCUT2D eigenvalue weighted by Gasteiger charge is -1.98. The van der Waals surface area contributed by atoms with Crippen LogP contribution < -0.4 is 0 Å². The van der Waals surface area contributed by atoms with E-state index in [2.05, 4.69) is 47.2 Å². The molecule has 0 amide bonds. The minimum atomic E-state index is 1.16. The van der Waals surface area contributed by atoms with Crippen LogP contribution in [0.1, 0.15) is 19.8 Å². The number of halogens is 1. The molecule has 0 saturated heterocycles. The maximum atomic E-state index is 3.43. The summed E-state index contributed by atoms with van der Waals surface area (Å²) in [6, 6.07) is 0. The summed E-state index contributed by atoms with van der Waals surface area (Å²) in [6.45, 7) is 2.16. The Morgan fingerprint density at radius 3 is 3.00 bits per heavy atom. The number of rotatable bonds is 0. The zero-order valence-corrected chi connectivity index (χ0v) is 7.69. The lowest BCUT2D eigenvalue weighted by molar-refractivity contribution is 0.975. The van der Waals surface area contributed by atoms with Crippen molar-refractivity contribution in [2.75, 3.05) is 0 Å². The Bertz CT molecular complexity index is 197. The number of hydrogen-bond donors (Lipinski definition) is 0. The van der Waals surface area contributed by atoms with Gasteiger partial charge in [0.05, 0.1) is 0 Å². The topological polar surface area (TPSA) is 0 Å². The van der Waals surface area contributed by atoms with Gasteiger partial charge in [0.25, 0.3) is 0 Å². The summed E-state index contributed by atoms with van der Waals surface area (Å²) in [7, 11) is 0. The molecule has 0 aromatic rings. The molecule has 0 atom stereocenters. The van der Waals surface area contributed by atoms with Gasteiger partial charge < -0.3 is 0 Å². The second kappa shape index (κ2) is 3.77. The van der Waals surface area contributed by atoms with E-state index < -0.39 is 0 Å². The molecule has 0 unspecified atom stereocenters. The molecule has 10 heavy (non-hydrogen) atoms. The van der Waals surface area contributed by atoms with E-state index in [9.17, 15) is 0 Å². The maximum absolute atomic E-state index is 3.43. The molecule has 0 spiro atoms. The summed E-state index contributed by atoms with van der Waals surface area (Å²) in [4.78, 5) is 0. The summed E-state index contributed by atoms with van der Waals surface area (Å²) >= 11 is 3.43. The molecule has 0 saturated carbocycles. The van der Waals surface area contributed by atoms with Crippen molar-refractivity contribution in [3.8, 4) is 0 Å². The molecule has 0 aromatic carbocycles. The zero-order valence-electron chi connectivity index (χ0n) is 6.10. The Labute approximate surface area is 70.5 Å². The minimum Gasteiger partial charge on any atom is -0.0831 e. The summed E-state index contributed by atoms with van der Waals surface area (Å²) in [6.07, 6.45) is 10.9. The fourth-order valence-corrected chi connectivity index (χ4v) is 1.19. The largest absolute Gasteiger partial charge is 0.0831 e. The Morgan fingerprint density at radius 1 is 1.40 bits per heavy atom. The predicted octanol–water partition coefficient (Wildman–Crippen LogP) is 3.56. The number of allylic oxidation sites excluding steroid dienone is 6. The van der Waals surface area contributed by atoms with Crippen LogP contribution in [-0.4, -0.2) is 0 Å². The third kappa shape index (κ3) is 2.53. The second-order valence-corrected chi connectivity index (χ2v) is 3.42. The van der Waals surface area contributed by atoms with Crippen LogP contribution in [0.5, 0.6) is 0 Å². The molecule has 0 aromatic heterocycles. The lowest BCUT2D eigenvalue weighted by Crippen LogP contribution is -1.77. The maximum Gasteiger partial charge on any atom is 0.0172 e. The van der Waals surface area contributed by atoms with Gasteiger partial charge in [-0.05, 0) is 25.8 Å². The summed E-state index contributed by atoms with van der Waals surface area (Å²) in [5.74, 6) is 0. The quantitative estimate of drug-likeness (QED) is 0.559. The van der Waals surface area contributed by atoms with Crippen molar-refractivity contribution in [1.29, 1.82) is 0 Å². The molecular weight excluding hydrogens is 188 g/mol. The van der Waals surface area contributed by atoms with E-state index in [0.29, 0.717) is 0 Å². The van der Waals surface area contributed by atoms with E-state index in [-0.39, 0.29) is 0 Å². The van der Waals surface area contributed by atoms with Gasteiger partial charge in [0, 0.05) is 4.48 Å². The SMILES string of the molecule is CC1=CC=C(Br)C=CCC1. The standard InChI is InChI=1S/C9H11Br/c1-8-4-2-3-5-9(10)7-6-8/h3,5-7H,2,4H2,1H3. The zero-order chi connectivity index (χ0) is 7.40. The van der Waals surface area contributed by atoms with Crippen LogP contribution in [0, 0.1) is 0 Å². The van der Waals surface area contributed by atoms with Crippen molar-refractivity contribution >= 4 is 15.9 Å². The molecule has 1 heteroatoms. The summed E-state index contributed by atoms with van der Waals surface area (Å²) in [5.41, 5.74) is 1.45. The van der Waals surface area contributed by atoms with Gasteiger partial charge in [-0.2, -0.15) is 0 Å². The highest BCUT2D eigenvalue weighted by atomic mass is 79.9. The van der Waals surface area contributed by atoms with Gasteiger partial charge in [-0.15, -0.1) is 0 Å².